The molecule has 110 valence electrons. The van der Waals surface area contributed by atoms with Crippen LogP contribution in [0.2, 0.25) is 0 Å². The van der Waals surface area contributed by atoms with Crippen molar-refractivity contribution < 1.29 is 4.21 Å². The van der Waals surface area contributed by atoms with Crippen molar-refractivity contribution in [3.8, 4) is 0 Å². The summed E-state index contributed by atoms with van der Waals surface area (Å²) < 4.78 is 12.7. The van der Waals surface area contributed by atoms with Gasteiger partial charge in [-0.1, -0.05) is 24.3 Å². The molecule has 0 aromatic heterocycles. The van der Waals surface area contributed by atoms with E-state index in [4.69, 9.17) is 0 Å². The minimum absolute atomic E-state index is 0.401. The number of hydrogen-bond donors (Lipinski definition) is 0. The summed E-state index contributed by atoms with van der Waals surface area (Å²) in [4.78, 5) is 6.30. The van der Waals surface area contributed by atoms with Crippen LogP contribution < -0.4 is 4.90 Å². The van der Waals surface area contributed by atoms with Crippen LogP contribution >= 0.6 is 0 Å². The van der Waals surface area contributed by atoms with Crippen molar-refractivity contribution >= 4 is 22.2 Å². The second kappa shape index (κ2) is 5.62. The van der Waals surface area contributed by atoms with Gasteiger partial charge in [-0.2, -0.15) is 0 Å². The number of fused-ring (bicyclic) bond motifs is 2. The lowest BCUT2D eigenvalue weighted by Gasteiger charge is -2.35. The molecule has 1 unspecified atom stereocenters. The smallest absolute Gasteiger partial charge is 0.0892 e. The highest BCUT2D eigenvalue weighted by Gasteiger charge is 2.28. The first-order valence-electron chi connectivity index (χ1n) is 7.13. The van der Waals surface area contributed by atoms with E-state index >= 15 is 0 Å². The van der Waals surface area contributed by atoms with Crippen LogP contribution in [-0.2, 0) is 10.8 Å². The van der Waals surface area contributed by atoms with E-state index < -0.39 is 10.8 Å². The normalized spacial score (nSPS) is 15.7. The number of benzene rings is 2. The molecule has 3 nitrogen and oxygen atoms in total. The zero-order valence-electron chi connectivity index (χ0n) is 12.6. The Kier molecular flexibility index (Phi) is 3.83. The number of hydrogen-bond acceptors (Lipinski definition) is 3. The molecule has 4 heteroatoms. The van der Waals surface area contributed by atoms with Crippen molar-refractivity contribution in [2.24, 2.45) is 0 Å². The predicted molar refractivity (Wildman–Crippen MR) is 87.7 cm³/mol. The molecule has 0 radical (unpaired) electrons. The molecule has 3 rings (SSSR count). The van der Waals surface area contributed by atoms with E-state index in [0.717, 1.165) is 27.7 Å². The van der Waals surface area contributed by atoms with Crippen molar-refractivity contribution in [1.29, 1.82) is 0 Å². The van der Waals surface area contributed by atoms with E-state index in [9.17, 15) is 4.21 Å². The Bertz CT molecular complexity index is 634. The molecule has 21 heavy (non-hydrogen) atoms. The SMILES string of the molecule is CC(CN1c2ccccc2S(=O)c2ccccc21)N(C)C. The maximum Gasteiger partial charge on any atom is 0.0892 e. The maximum absolute atomic E-state index is 12.7. The van der Waals surface area contributed by atoms with E-state index in [-0.39, 0.29) is 0 Å². The van der Waals surface area contributed by atoms with Gasteiger partial charge in [0.1, 0.15) is 0 Å². The third kappa shape index (κ3) is 2.49. The molecule has 1 atom stereocenters. The molecule has 0 bridgehead atoms. The van der Waals surface area contributed by atoms with E-state index in [1.807, 2.05) is 36.4 Å². The molecule has 1 aliphatic rings. The largest absolute Gasteiger partial charge is 0.338 e. The lowest BCUT2D eigenvalue weighted by atomic mass is 10.2. The number of nitrogens with zero attached hydrogens (tertiary/aromatic N) is 2. The first-order valence-corrected chi connectivity index (χ1v) is 8.28. The fourth-order valence-electron chi connectivity index (χ4n) is 2.55. The Balaban J connectivity index is 2.11. The summed E-state index contributed by atoms with van der Waals surface area (Å²) in [6.07, 6.45) is 0. The predicted octanol–water partition coefficient (Wildman–Crippen LogP) is 3.25. The highest BCUT2D eigenvalue weighted by molar-refractivity contribution is 7.85. The fraction of sp³-hybridized carbons (Fsp3) is 0.294. The summed E-state index contributed by atoms with van der Waals surface area (Å²) >= 11 is 0. The topological polar surface area (TPSA) is 23.6 Å². The lowest BCUT2D eigenvalue weighted by Crippen LogP contribution is -2.38. The average Bonchev–Trinajstić information content (AvgIpc) is 2.51. The zero-order chi connectivity index (χ0) is 15.0. The van der Waals surface area contributed by atoms with Crippen LogP contribution in [0.4, 0.5) is 11.4 Å². The second-order valence-corrected chi connectivity index (χ2v) is 7.04. The monoisotopic (exact) mass is 300 g/mol. The van der Waals surface area contributed by atoms with Crippen LogP contribution in [0.1, 0.15) is 6.92 Å². The average molecular weight is 300 g/mol. The van der Waals surface area contributed by atoms with Gasteiger partial charge in [0.15, 0.2) is 0 Å². The van der Waals surface area contributed by atoms with Gasteiger partial charge in [-0.15, -0.1) is 0 Å². The summed E-state index contributed by atoms with van der Waals surface area (Å²) in [7, 11) is 3.08. The van der Waals surface area contributed by atoms with E-state index in [1.165, 1.54) is 0 Å². The molecule has 0 aliphatic carbocycles. The van der Waals surface area contributed by atoms with E-state index in [1.54, 1.807) is 0 Å². The van der Waals surface area contributed by atoms with Crippen molar-refractivity contribution in [3.63, 3.8) is 0 Å². The molecule has 0 spiro atoms. The van der Waals surface area contributed by atoms with E-state index in [2.05, 4.69) is 43.0 Å². The van der Waals surface area contributed by atoms with Gasteiger partial charge in [0, 0.05) is 12.6 Å². The molecular formula is C17H20N2OS. The van der Waals surface area contributed by atoms with Crippen molar-refractivity contribution in [1.82, 2.24) is 4.90 Å². The molecule has 0 amide bonds. The van der Waals surface area contributed by atoms with Crippen LogP contribution in [0.15, 0.2) is 58.3 Å². The van der Waals surface area contributed by atoms with Crippen LogP contribution in [0.5, 0.6) is 0 Å². The maximum atomic E-state index is 12.7. The second-order valence-electron chi connectivity index (χ2n) is 5.63. The Morgan fingerprint density at radius 3 is 1.95 bits per heavy atom. The third-order valence-electron chi connectivity index (χ3n) is 4.04. The van der Waals surface area contributed by atoms with Crippen LogP contribution in [-0.4, -0.2) is 35.8 Å². The van der Waals surface area contributed by atoms with Gasteiger partial charge in [0.25, 0.3) is 0 Å². The minimum Gasteiger partial charge on any atom is -0.338 e. The lowest BCUT2D eigenvalue weighted by molar-refractivity contribution is 0.319. The molecule has 0 saturated heterocycles. The minimum atomic E-state index is -1.09. The highest BCUT2D eigenvalue weighted by Crippen LogP contribution is 2.41. The zero-order valence-corrected chi connectivity index (χ0v) is 13.4. The summed E-state index contributed by atoms with van der Waals surface area (Å²) in [6, 6.07) is 16.4. The Morgan fingerprint density at radius 1 is 1.00 bits per heavy atom. The molecule has 2 aromatic carbocycles. The summed E-state index contributed by atoms with van der Waals surface area (Å²) in [6.45, 7) is 3.08. The Hall–Kier alpha value is -1.65. The van der Waals surface area contributed by atoms with Gasteiger partial charge in [-0.25, -0.2) is 4.21 Å². The Labute approximate surface area is 128 Å². The summed E-state index contributed by atoms with van der Waals surface area (Å²) in [5, 5.41) is 0. The van der Waals surface area contributed by atoms with Gasteiger partial charge in [-0.3, -0.25) is 0 Å². The molecule has 0 N–H and O–H groups in total. The number of rotatable bonds is 3. The summed E-state index contributed by atoms with van der Waals surface area (Å²) in [5.74, 6) is 0. The standard InChI is InChI=1S/C17H20N2OS/c1-13(18(2)3)12-19-14-8-4-6-10-16(14)21(20)17-11-7-5-9-15(17)19/h4-11,13H,12H2,1-3H3. The quantitative estimate of drug-likeness (QED) is 0.869. The molecule has 0 saturated carbocycles. The van der Waals surface area contributed by atoms with Crippen LogP contribution in [0, 0.1) is 0 Å². The molecule has 0 fully saturated rings. The number of anilines is 2. The van der Waals surface area contributed by atoms with Crippen LogP contribution in [0.3, 0.4) is 0 Å². The van der Waals surface area contributed by atoms with E-state index in [0.29, 0.717) is 6.04 Å². The third-order valence-corrected chi connectivity index (χ3v) is 5.53. The fourth-order valence-corrected chi connectivity index (χ4v) is 3.92. The molecule has 1 aliphatic heterocycles. The molecule has 1 heterocycles. The van der Waals surface area contributed by atoms with Gasteiger partial charge in [-0.05, 0) is 45.3 Å². The summed E-state index contributed by atoms with van der Waals surface area (Å²) in [5.41, 5.74) is 2.12. The molecular weight excluding hydrogens is 280 g/mol. The Morgan fingerprint density at radius 2 is 1.48 bits per heavy atom. The van der Waals surface area contributed by atoms with Crippen LogP contribution in [0.25, 0.3) is 0 Å². The number of para-hydroxylation sites is 2. The van der Waals surface area contributed by atoms with Gasteiger partial charge in [0.05, 0.1) is 32.0 Å². The molecule has 2 aromatic rings. The van der Waals surface area contributed by atoms with Crippen molar-refractivity contribution in [2.75, 3.05) is 25.5 Å². The number of likely N-dealkylation sites (N-methyl/N-ethyl adjacent to an activating group) is 1. The highest BCUT2D eigenvalue weighted by atomic mass is 32.2. The van der Waals surface area contributed by atoms with Gasteiger partial charge < -0.3 is 9.80 Å². The van der Waals surface area contributed by atoms with Crippen molar-refractivity contribution in [3.05, 3.63) is 48.5 Å². The first kappa shape index (κ1) is 14.3. The first-order chi connectivity index (χ1) is 10.1. The van der Waals surface area contributed by atoms with Crippen molar-refractivity contribution in [2.45, 2.75) is 22.8 Å². The van der Waals surface area contributed by atoms with Gasteiger partial charge in [0.2, 0.25) is 0 Å². The van der Waals surface area contributed by atoms with Gasteiger partial charge >= 0.3 is 0 Å².